The van der Waals surface area contributed by atoms with E-state index in [1.807, 2.05) is 0 Å². The number of rotatable bonds is 5. The Kier molecular flexibility index (Phi) is 4.91. The van der Waals surface area contributed by atoms with Crippen LogP contribution in [0.3, 0.4) is 0 Å². The molecule has 1 aromatic rings. The van der Waals surface area contributed by atoms with Gasteiger partial charge in [-0.1, -0.05) is 12.0 Å². The zero-order valence-electron chi connectivity index (χ0n) is 13.2. The van der Waals surface area contributed by atoms with Gasteiger partial charge in [-0.3, -0.25) is 4.79 Å². The summed E-state index contributed by atoms with van der Waals surface area (Å²) in [6.07, 6.45) is 5.18. The van der Waals surface area contributed by atoms with Gasteiger partial charge < -0.3 is 20.1 Å². The molecule has 0 saturated heterocycles. The van der Waals surface area contributed by atoms with Gasteiger partial charge in [0.15, 0.2) is 17.3 Å². The predicted octanol–water partition coefficient (Wildman–Crippen LogP) is 1.92. The quantitative estimate of drug-likeness (QED) is 0.814. The molecule has 0 bridgehead atoms. The normalized spacial score (nSPS) is 17.0. The summed E-state index contributed by atoms with van der Waals surface area (Å²) in [5.41, 5.74) is 1.76. The van der Waals surface area contributed by atoms with Gasteiger partial charge in [-0.2, -0.15) is 0 Å². The Morgan fingerprint density at radius 3 is 2.74 bits per heavy atom. The van der Waals surface area contributed by atoms with E-state index < -0.39 is 6.04 Å². The molecule has 2 N–H and O–H groups in total. The van der Waals surface area contributed by atoms with Gasteiger partial charge in [-0.05, 0) is 31.5 Å². The minimum absolute atomic E-state index is 0.119. The number of terminal acetylenes is 1. The van der Waals surface area contributed by atoms with Crippen molar-refractivity contribution in [3.8, 4) is 23.8 Å². The van der Waals surface area contributed by atoms with Crippen molar-refractivity contribution in [3.05, 3.63) is 35.0 Å². The number of hydrogen-bond donors (Lipinski definition) is 2. The third kappa shape index (κ3) is 3.46. The SMILES string of the molecule is C#CCOc1ccc([C@@H]2NC(=O)NC(C)=C2C(C)=O)cc1OC. The fourth-order valence-electron chi connectivity index (χ4n) is 2.51. The Hall–Kier alpha value is -2.94. The van der Waals surface area contributed by atoms with Crippen molar-refractivity contribution in [2.24, 2.45) is 0 Å². The Morgan fingerprint density at radius 1 is 1.39 bits per heavy atom. The smallest absolute Gasteiger partial charge is 0.319 e. The van der Waals surface area contributed by atoms with Gasteiger partial charge in [-0.15, -0.1) is 6.42 Å². The number of nitrogens with one attached hydrogen (secondary N) is 2. The molecule has 1 atom stereocenters. The van der Waals surface area contributed by atoms with E-state index in [2.05, 4.69) is 16.6 Å². The molecule has 0 saturated carbocycles. The van der Waals surface area contributed by atoms with Crippen LogP contribution in [0.4, 0.5) is 4.79 Å². The maximum Gasteiger partial charge on any atom is 0.319 e. The van der Waals surface area contributed by atoms with E-state index in [1.165, 1.54) is 14.0 Å². The van der Waals surface area contributed by atoms with Crippen LogP contribution in [-0.4, -0.2) is 25.5 Å². The van der Waals surface area contributed by atoms with E-state index in [4.69, 9.17) is 15.9 Å². The molecule has 23 heavy (non-hydrogen) atoms. The molecule has 0 radical (unpaired) electrons. The molecule has 1 heterocycles. The lowest BCUT2D eigenvalue weighted by molar-refractivity contribution is -0.114. The van der Waals surface area contributed by atoms with Gasteiger partial charge in [0.2, 0.25) is 0 Å². The number of ether oxygens (including phenoxy) is 2. The maximum absolute atomic E-state index is 11.9. The van der Waals surface area contributed by atoms with E-state index in [1.54, 1.807) is 25.1 Å². The summed E-state index contributed by atoms with van der Waals surface area (Å²) in [5.74, 6) is 3.24. The summed E-state index contributed by atoms with van der Waals surface area (Å²) in [5, 5.41) is 5.36. The second-order valence-electron chi connectivity index (χ2n) is 5.03. The lowest BCUT2D eigenvalue weighted by atomic mass is 9.93. The van der Waals surface area contributed by atoms with Crippen molar-refractivity contribution < 1.29 is 19.1 Å². The molecule has 2 amide bonds. The Morgan fingerprint density at radius 2 is 2.13 bits per heavy atom. The van der Waals surface area contributed by atoms with E-state index in [9.17, 15) is 9.59 Å². The summed E-state index contributed by atoms with van der Waals surface area (Å²) in [6, 6.07) is 4.28. The lowest BCUT2D eigenvalue weighted by Gasteiger charge is -2.28. The summed E-state index contributed by atoms with van der Waals surface area (Å²) in [7, 11) is 1.51. The number of hydrogen-bond acceptors (Lipinski definition) is 4. The highest BCUT2D eigenvalue weighted by Gasteiger charge is 2.29. The average Bonchev–Trinajstić information content (AvgIpc) is 2.51. The van der Waals surface area contributed by atoms with Crippen molar-refractivity contribution >= 4 is 11.8 Å². The zero-order chi connectivity index (χ0) is 17.0. The number of methoxy groups -OCH3 is 1. The van der Waals surface area contributed by atoms with Crippen molar-refractivity contribution in [2.75, 3.05) is 13.7 Å². The van der Waals surface area contributed by atoms with Crippen LogP contribution in [0.2, 0.25) is 0 Å². The Labute approximate surface area is 134 Å². The first-order chi connectivity index (χ1) is 11.0. The number of ketones is 1. The highest BCUT2D eigenvalue weighted by molar-refractivity contribution is 5.98. The largest absolute Gasteiger partial charge is 0.493 e. The number of carbonyl (C=O) groups excluding carboxylic acids is 2. The highest BCUT2D eigenvalue weighted by Crippen LogP contribution is 2.34. The van der Waals surface area contributed by atoms with Crippen LogP contribution in [0.25, 0.3) is 0 Å². The predicted molar refractivity (Wildman–Crippen MR) is 85.1 cm³/mol. The van der Waals surface area contributed by atoms with Crippen molar-refractivity contribution in [1.82, 2.24) is 10.6 Å². The second-order valence-corrected chi connectivity index (χ2v) is 5.03. The minimum atomic E-state index is -0.545. The third-order valence-corrected chi connectivity index (χ3v) is 3.48. The summed E-state index contributed by atoms with van der Waals surface area (Å²) >= 11 is 0. The monoisotopic (exact) mass is 314 g/mol. The van der Waals surface area contributed by atoms with Crippen LogP contribution in [0.1, 0.15) is 25.5 Å². The molecule has 0 unspecified atom stereocenters. The molecule has 1 aromatic carbocycles. The molecule has 0 fully saturated rings. The van der Waals surface area contributed by atoms with Gasteiger partial charge in [0.05, 0.1) is 13.2 Å². The molecule has 1 aliphatic rings. The number of allylic oxidation sites excluding steroid dienone is 1. The Balaban J connectivity index is 2.44. The molecule has 6 heteroatoms. The molecule has 0 aliphatic carbocycles. The lowest BCUT2D eigenvalue weighted by Crippen LogP contribution is -2.44. The molecule has 0 spiro atoms. The van der Waals surface area contributed by atoms with Crippen LogP contribution >= 0.6 is 0 Å². The third-order valence-electron chi connectivity index (χ3n) is 3.48. The standard InChI is InChI=1S/C17H18N2O4/c1-5-8-23-13-7-6-12(9-14(13)22-4)16-15(11(3)20)10(2)18-17(21)19-16/h1,6-7,9,16H,8H2,2-4H3,(H2,18,19,21)/t16-/m0/s1. The van der Waals surface area contributed by atoms with Crippen LogP contribution in [0.15, 0.2) is 29.5 Å². The van der Waals surface area contributed by atoms with E-state index in [0.29, 0.717) is 28.3 Å². The number of amides is 2. The number of carbonyl (C=O) groups is 2. The van der Waals surface area contributed by atoms with E-state index in [0.717, 1.165) is 0 Å². The maximum atomic E-state index is 11.9. The van der Waals surface area contributed by atoms with Gasteiger partial charge >= 0.3 is 6.03 Å². The van der Waals surface area contributed by atoms with Gasteiger partial charge in [0.1, 0.15) is 6.61 Å². The van der Waals surface area contributed by atoms with Crippen molar-refractivity contribution in [1.29, 1.82) is 0 Å². The molecular weight excluding hydrogens is 296 g/mol. The van der Waals surface area contributed by atoms with Gasteiger partial charge in [0, 0.05) is 11.3 Å². The zero-order valence-corrected chi connectivity index (χ0v) is 13.2. The van der Waals surface area contributed by atoms with Crippen molar-refractivity contribution in [3.63, 3.8) is 0 Å². The summed E-state index contributed by atoms with van der Waals surface area (Å²) in [6.45, 7) is 3.29. The molecule has 6 nitrogen and oxygen atoms in total. The Bertz CT molecular complexity index is 716. The van der Waals surface area contributed by atoms with Crippen molar-refractivity contribution in [2.45, 2.75) is 19.9 Å². The van der Waals surface area contributed by atoms with Gasteiger partial charge in [-0.25, -0.2) is 4.79 Å². The summed E-state index contributed by atoms with van der Waals surface area (Å²) in [4.78, 5) is 23.7. The fourth-order valence-corrected chi connectivity index (χ4v) is 2.51. The topological polar surface area (TPSA) is 76.7 Å². The first-order valence-electron chi connectivity index (χ1n) is 7.01. The first-order valence-corrected chi connectivity index (χ1v) is 7.01. The molecular formula is C17H18N2O4. The van der Waals surface area contributed by atoms with Crippen LogP contribution in [-0.2, 0) is 4.79 Å². The first kappa shape index (κ1) is 16.4. The molecule has 0 aromatic heterocycles. The average molecular weight is 314 g/mol. The molecule has 120 valence electrons. The minimum Gasteiger partial charge on any atom is -0.493 e. The number of urea groups is 1. The van der Waals surface area contributed by atoms with Crippen LogP contribution in [0, 0.1) is 12.3 Å². The van der Waals surface area contributed by atoms with Gasteiger partial charge in [0.25, 0.3) is 0 Å². The van der Waals surface area contributed by atoms with Crippen LogP contribution < -0.4 is 20.1 Å². The highest BCUT2D eigenvalue weighted by atomic mass is 16.5. The number of Topliss-reactive ketones (excluding diaryl/α,β-unsaturated/α-hetero) is 1. The van der Waals surface area contributed by atoms with E-state index in [-0.39, 0.29) is 18.4 Å². The number of benzene rings is 1. The second kappa shape index (κ2) is 6.88. The van der Waals surface area contributed by atoms with E-state index >= 15 is 0 Å². The fraction of sp³-hybridized carbons (Fsp3) is 0.294. The summed E-state index contributed by atoms with van der Waals surface area (Å²) < 4.78 is 10.7. The molecule has 2 rings (SSSR count). The van der Waals surface area contributed by atoms with Crippen LogP contribution in [0.5, 0.6) is 11.5 Å². The molecule has 1 aliphatic heterocycles.